The van der Waals surface area contributed by atoms with E-state index in [2.05, 4.69) is 0 Å². The van der Waals surface area contributed by atoms with Gasteiger partial charge in [-0.15, -0.1) is 0 Å². The van der Waals surface area contributed by atoms with Crippen LogP contribution in [0, 0.1) is 5.92 Å². The van der Waals surface area contributed by atoms with E-state index in [1.54, 1.807) is 0 Å². The molecule has 0 heterocycles. The molecule has 0 bridgehead atoms. The fourth-order valence-electron chi connectivity index (χ4n) is 1.77. The number of hydrogen-bond donors (Lipinski definition) is 1. The Kier molecular flexibility index (Phi) is 3.83. The molecule has 1 aliphatic rings. The van der Waals surface area contributed by atoms with Crippen molar-refractivity contribution in [2.45, 2.75) is 38.7 Å². The third kappa shape index (κ3) is 3.24. The average molecular weight is 220 g/mol. The summed E-state index contributed by atoms with van der Waals surface area (Å²) < 4.78 is 5.64. The summed E-state index contributed by atoms with van der Waals surface area (Å²) in [5.74, 6) is 1.83. The molecule has 88 valence electrons. The van der Waals surface area contributed by atoms with Crippen molar-refractivity contribution in [1.82, 2.24) is 0 Å². The van der Waals surface area contributed by atoms with E-state index in [-0.39, 0.29) is 6.10 Å². The van der Waals surface area contributed by atoms with Crippen LogP contribution < -0.4 is 4.74 Å². The second-order valence-corrected chi connectivity index (χ2v) is 4.57. The molecular formula is C14H20O2. The fraction of sp³-hybridized carbons (Fsp3) is 0.571. The molecule has 0 aromatic heterocycles. The second kappa shape index (κ2) is 5.35. The van der Waals surface area contributed by atoms with Crippen LogP contribution in [0.15, 0.2) is 24.3 Å². The average Bonchev–Trinajstić information content (AvgIpc) is 3.13. The molecule has 0 amide bonds. The quantitative estimate of drug-likeness (QED) is 0.797. The highest BCUT2D eigenvalue weighted by molar-refractivity contribution is 5.28. The first-order valence-corrected chi connectivity index (χ1v) is 6.20. The standard InChI is InChI=1S/C14H20O2/c1-2-14(15)12-5-7-13(8-6-12)16-10-9-11-3-4-11/h5-8,11,14-15H,2-4,9-10H2,1H3. The van der Waals surface area contributed by atoms with E-state index in [9.17, 15) is 5.11 Å². The van der Waals surface area contributed by atoms with Gasteiger partial charge in [-0.3, -0.25) is 0 Å². The topological polar surface area (TPSA) is 29.5 Å². The summed E-state index contributed by atoms with van der Waals surface area (Å²) in [4.78, 5) is 0. The lowest BCUT2D eigenvalue weighted by molar-refractivity contribution is 0.173. The fourth-order valence-corrected chi connectivity index (χ4v) is 1.77. The third-order valence-electron chi connectivity index (χ3n) is 3.14. The van der Waals surface area contributed by atoms with Crippen molar-refractivity contribution in [3.63, 3.8) is 0 Å². The van der Waals surface area contributed by atoms with Crippen LogP contribution >= 0.6 is 0 Å². The summed E-state index contributed by atoms with van der Waals surface area (Å²) in [5.41, 5.74) is 0.969. The molecule has 0 saturated heterocycles. The van der Waals surface area contributed by atoms with Crippen LogP contribution in [0.4, 0.5) is 0 Å². The molecule has 1 N–H and O–H groups in total. The number of rotatable bonds is 6. The molecule has 2 heteroatoms. The molecule has 0 aliphatic heterocycles. The molecule has 2 rings (SSSR count). The molecule has 1 aliphatic carbocycles. The minimum atomic E-state index is -0.347. The van der Waals surface area contributed by atoms with Crippen LogP contribution in [0.3, 0.4) is 0 Å². The molecule has 1 aromatic rings. The van der Waals surface area contributed by atoms with Crippen molar-refractivity contribution >= 4 is 0 Å². The Hall–Kier alpha value is -1.02. The smallest absolute Gasteiger partial charge is 0.119 e. The number of benzene rings is 1. The van der Waals surface area contributed by atoms with Gasteiger partial charge in [0.2, 0.25) is 0 Å². The van der Waals surface area contributed by atoms with E-state index < -0.39 is 0 Å². The van der Waals surface area contributed by atoms with Gasteiger partial charge in [0.1, 0.15) is 5.75 Å². The first kappa shape index (κ1) is 11.5. The van der Waals surface area contributed by atoms with E-state index in [4.69, 9.17) is 4.74 Å². The number of aliphatic hydroxyl groups is 1. The van der Waals surface area contributed by atoms with Crippen molar-refractivity contribution in [3.8, 4) is 5.75 Å². The van der Waals surface area contributed by atoms with Crippen LogP contribution in [-0.4, -0.2) is 11.7 Å². The zero-order valence-corrected chi connectivity index (χ0v) is 9.86. The summed E-state index contributed by atoms with van der Waals surface area (Å²) >= 11 is 0. The van der Waals surface area contributed by atoms with Gasteiger partial charge in [0.25, 0.3) is 0 Å². The molecule has 0 spiro atoms. The molecule has 0 radical (unpaired) electrons. The monoisotopic (exact) mass is 220 g/mol. The van der Waals surface area contributed by atoms with Crippen molar-refractivity contribution in [2.24, 2.45) is 5.92 Å². The minimum Gasteiger partial charge on any atom is -0.494 e. The van der Waals surface area contributed by atoms with Gasteiger partial charge in [0.05, 0.1) is 12.7 Å². The van der Waals surface area contributed by atoms with E-state index >= 15 is 0 Å². The first-order valence-electron chi connectivity index (χ1n) is 6.20. The zero-order valence-electron chi connectivity index (χ0n) is 9.86. The molecular weight excluding hydrogens is 200 g/mol. The Bertz CT molecular complexity index is 314. The highest BCUT2D eigenvalue weighted by Crippen LogP contribution is 2.32. The maximum Gasteiger partial charge on any atom is 0.119 e. The first-order chi connectivity index (χ1) is 7.79. The normalized spacial score (nSPS) is 17.1. The summed E-state index contributed by atoms with van der Waals surface area (Å²) in [6, 6.07) is 7.78. The van der Waals surface area contributed by atoms with Crippen LogP contribution in [0.1, 0.15) is 44.3 Å². The molecule has 16 heavy (non-hydrogen) atoms. The van der Waals surface area contributed by atoms with Gasteiger partial charge in [-0.05, 0) is 36.5 Å². The Balaban J connectivity index is 1.80. The Labute approximate surface area is 97.3 Å². The van der Waals surface area contributed by atoms with Gasteiger partial charge in [-0.1, -0.05) is 31.9 Å². The Morgan fingerprint density at radius 1 is 1.31 bits per heavy atom. The molecule has 1 aromatic carbocycles. The van der Waals surface area contributed by atoms with E-state index in [0.29, 0.717) is 0 Å². The lowest BCUT2D eigenvalue weighted by Gasteiger charge is -2.10. The number of aliphatic hydroxyl groups excluding tert-OH is 1. The second-order valence-electron chi connectivity index (χ2n) is 4.57. The van der Waals surface area contributed by atoms with Crippen LogP contribution in [0.2, 0.25) is 0 Å². The summed E-state index contributed by atoms with van der Waals surface area (Å²) in [7, 11) is 0. The predicted octanol–water partition coefficient (Wildman–Crippen LogP) is 3.31. The Morgan fingerprint density at radius 3 is 2.56 bits per heavy atom. The van der Waals surface area contributed by atoms with Crippen molar-refractivity contribution in [2.75, 3.05) is 6.61 Å². The van der Waals surface area contributed by atoms with E-state index in [0.717, 1.165) is 30.3 Å². The molecule has 1 fully saturated rings. The number of ether oxygens (including phenoxy) is 1. The van der Waals surface area contributed by atoms with Gasteiger partial charge in [0.15, 0.2) is 0 Å². The molecule has 2 nitrogen and oxygen atoms in total. The maximum absolute atomic E-state index is 9.64. The van der Waals surface area contributed by atoms with E-state index in [1.807, 2.05) is 31.2 Å². The largest absolute Gasteiger partial charge is 0.494 e. The maximum atomic E-state index is 9.64. The van der Waals surface area contributed by atoms with Crippen molar-refractivity contribution < 1.29 is 9.84 Å². The number of hydrogen-bond acceptors (Lipinski definition) is 2. The molecule has 1 saturated carbocycles. The highest BCUT2D eigenvalue weighted by Gasteiger charge is 2.20. The lowest BCUT2D eigenvalue weighted by Crippen LogP contribution is -1.99. The van der Waals surface area contributed by atoms with Crippen molar-refractivity contribution in [1.29, 1.82) is 0 Å². The van der Waals surface area contributed by atoms with Gasteiger partial charge in [-0.25, -0.2) is 0 Å². The van der Waals surface area contributed by atoms with Crippen LogP contribution in [0.25, 0.3) is 0 Å². The minimum absolute atomic E-state index is 0.347. The third-order valence-corrected chi connectivity index (χ3v) is 3.14. The van der Waals surface area contributed by atoms with Gasteiger partial charge in [0, 0.05) is 0 Å². The highest BCUT2D eigenvalue weighted by atomic mass is 16.5. The summed E-state index contributed by atoms with van der Waals surface area (Å²) in [6.45, 7) is 2.80. The van der Waals surface area contributed by atoms with E-state index in [1.165, 1.54) is 19.3 Å². The zero-order chi connectivity index (χ0) is 11.4. The predicted molar refractivity (Wildman–Crippen MR) is 64.5 cm³/mol. The van der Waals surface area contributed by atoms with Gasteiger partial charge in [-0.2, -0.15) is 0 Å². The summed E-state index contributed by atoms with van der Waals surface area (Å²) in [5, 5.41) is 9.64. The van der Waals surface area contributed by atoms with Gasteiger partial charge < -0.3 is 9.84 Å². The van der Waals surface area contributed by atoms with Crippen LogP contribution in [0.5, 0.6) is 5.75 Å². The van der Waals surface area contributed by atoms with Gasteiger partial charge >= 0.3 is 0 Å². The lowest BCUT2D eigenvalue weighted by atomic mass is 10.1. The molecule has 1 unspecified atom stereocenters. The SMILES string of the molecule is CCC(O)c1ccc(OCCC2CC2)cc1. The molecule has 1 atom stereocenters. The van der Waals surface area contributed by atoms with Crippen LogP contribution in [-0.2, 0) is 0 Å². The summed E-state index contributed by atoms with van der Waals surface area (Å²) in [6.07, 6.45) is 4.34. The Morgan fingerprint density at radius 2 is 2.00 bits per heavy atom. The van der Waals surface area contributed by atoms with Crippen molar-refractivity contribution in [3.05, 3.63) is 29.8 Å².